The molecule has 0 aliphatic carbocycles. The summed E-state index contributed by atoms with van der Waals surface area (Å²) in [5, 5.41) is 2.93. The number of amides is 1. The summed E-state index contributed by atoms with van der Waals surface area (Å²) in [6, 6.07) is 1.45. The monoisotopic (exact) mass is 616 g/mol. The Morgan fingerprint density at radius 3 is 2.17 bits per heavy atom. The number of hydrogen-bond donors (Lipinski definition) is 2. The van der Waals surface area contributed by atoms with Crippen molar-refractivity contribution in [3.05, 3.63) is 33.9 Å². The lowest BCUT2D eigenvalue weighted by Gasteiger charge is -2.43. The third kappa shape index (κ3) is 6.15. The van der Waals surface area contributed by atoms with Gasteiger partial charge >= 0.3 is 5.69 Å². The van der Waals surface area contributed by atoms with Gasteiger partial charge in [-0.3, -0.25) is 9.36 Å². The van der Waals surface area contributed by atoms with E-state index in [-0.39, 0.29) is 34.1 Å². The normalized spacial score (nSPS) is 27.2. The van der Waals surface area contributed by atoms with Gasteiger partial charge in [0.2, 0.25) is 5.91 Å². The van der Waals surface area contributed by atoms with Gasteiger partial charge < -0.3 is 24.6 Å². The van der Waals surface area contributed by atoms with Gasteiger partial charge in [-0.25, -0.2) is 8.98 Å². The Bertz CT molecular complexity index is 1350. The van der Waals surface area contributed by atoms with Gasteiger partial charge in [0.05, 0.1) is 17.7 Å². The minimum atomic E-state index is -4.19. The fourth-order valence-electron chi connectivity index (χ4n) is 4.07. The summed E-state index contributed by atoms with van der Waals surface area (Å²) in [7, 11) is -9.16. The Morgan fingerprint density at radius 2 is 1.73 bits per heavy atom. The first-order valence-electron chi connectivity index (χ1n) is 13.2. The van der Waals surface area contributed by atoms with Gasteiger partial charge in [-0.1, -0.05) is 41.5 Å². The predicted molar refractivity (Wildman–Crippen MR) is 157 cm³/mol. The summed E-state index contributed by atoms with van der Waals surface area (Å²) in [6.45, 7) is 21.8. The van der Waals surface area contributed by atoms with E-state index in [0.717, 1.165) is 5.41 Å². The predicted octanol–water partition coefficient (Wildman–Crippen LogP) is 3.41. The molecule has 12 nitrogen and oxygen atoms in total. The van der Waals surface area contributed by atoms with Crippen LogP contribution in [-0.4, -0.2) is 64.9 Å². The van der Waals surface area contributed by atoms with Gasteiger partial charge in [-0.05, 0) is 42.3 Å². The molecule has 1 amide bonds. The van der Waals surface area contributed by atoms with Gasteiger partial charge in [0, 0.05) is 13.1 Å². The standard InChI is InChI=1S/C25H44N4O8SSi2/c1-16(30)27-19-12-13-29(22(31)28-19)21-20(36-40(10,11)24(5,6)7)25(17(26)15-38(32,33)37-25)18(35-21)14-34-39(8,9)23(2,3)4/h12-13,15,18,20-21H,14,26H2,1-11H3,(H,27,28,30,31)/t18-,20+,21-,25?/m1/s1. The van der Waals surface area contributed by atoms with Crippen LogP contribution in [0.1, 0.15) is 54.7 Å². The van der Waals surface area contributed by atoms with E-state index in [1.807, 2.05) is 33.9 Å². The second-order valence-corrected chi connectivity index (χ2v) is 24.5. The van der Waals surface area contributed by atoms with E-state index in [4.69, 9.17) is 23.5 Å². The van der Waals surface area contributed by atoms with E-state index in [1.165, 1.54) is 23.8 Å². The van der Waals surface area contributed by atoms with Crippen LogP contribution in [0.4, 0.5) is 5.82 Å². The average Bonchev–Trinajstić information content (AvgIpc) is 3.17. The highest BCUT2D eigenvalue weighted by Crippen LogP contribution is 2.52. The van der Waals surface area contributed by atoms with Crippen LogP contribution < -0.4 is 16.7 Å². The van der Waals surface area contributed by atoms with E-state index in [1.54, 1.807) is 0 Å². The third-order valence-electron chi connectivity index (χ3n) is 8.48. The molecule has 2 aliphatic rings. The molecule has 0 saturated carbocycles. The van der Waals surface area contributed by atoms with Gasteiger partial charge in [-0.2, -0.15) is 13.4 Å². The number of nitrogens with two attached hydrogens (primary N) is 1. The number of anilines is 1. The molecule has 15 heteroatoms. The second kappa shape index (κ2) is 10.4. The van der Waals surface area contributed by atoms with Crippen LogP contribution in [0.3, 0.4) is 0 Å². The minimum absolute atomic E-state index is 0.0411. The number of ether oxygens (including phenoxy) is 1. The maximum atomic E-state index is 13.2. The lowest BCUT2D eigenvalue weighted by atomic mass is 9.89. The average molecular weight is 617 g/mol. The van der Waals surface area contributed by atoms with Gasteiger partial charge in [0.1, 0.15) is 18.0 Å². The molecule has 1 fully saturated rings. The van der Waals surface area contributed by atoms with E-state index in [9.17, 15) is 18.0 Å². The number of aromatic nitrogens is 2. The first kappa shape index (κ1) is 32.6. The van der Waals surface area contributed by atoms with Crippen LogP contribution in [0.25, 0.3) is 0 Å². The first-order chi connectivity index (χ1) is 17.9. The third-order valence-corrected chi connectivity index (χ3v) is 18.5. The van der Waals surface area contributed by atoms with Crippen LogP contribution in [-0.2, 0) is 32.7 Å². The Kier molecular flexibility index (Phi) is 8.51. The molecule has 1 spiro atoms. The van der Waals surface area contributed by atoms with Crippen LogP contribution in [0, 0.1) is 0 Å². The number of nitrogens with one attached hydrogen (secondary N) is 1. The fraction of sp³-hybridized carbons (Fsp3) is 0.720. The van der Waals surface area contributed by atoms with Crippen LogP contribution in [0.5, 0.6) is 0 Å². The van der Waals surface area contributed by atoms with E-state index >= 15 is 0 Å². The molecule has 4 atom stereocenters. The zero-order chi connectivity index (χ0) is 30.7. The molecule has 2 aliphatic heterocycles. The van der Waals surface area contributed by atoms with Crippen molar-refractivity contribution >= 4 is 38.5 Å². The van der Waals surface area contributed by atoms with Crippen molar-refractivity contribution in [1.29, 1.82) is 0 Å². The van der Waals surface area contributed by atoms with E-state index < -0.39 is 56.5 Å². The largest absolute Gasteiger partial charge is 0.414 e. The lowest BCUT2D eigenvalue weighted by Crippen LogP contribution is -2.59. The Morgan fingerprint density at radius 1 is 1.15 bits per heavy atom. The SMILES string of the molecule is CC(=O)Nc1ccn([C@@H]2O[C@H](CO[Si](C)(C)C(C)(C)C)C3(OS(=O)(=O)C=C3N)[C@H]2O[Si](C)(C)C(C)(C)C)c(=O)n1. The zero-order valence-electron chi connectivity index (χ0n) is 25.3. The molecule has 1 unspecified atom stereocenters. The van der Waals surface area contributed by atoms with Crippen molar-refractivity contribution in [2.45, 2.75) is 109 Å². The number of rotatable bonds is 7. The molecule has 3 heterocycles. The molecule has 1 aromatic heterocycles. The molecule has 1 aromatic rings. The molecular weight excluding hydrogens is 573 g/mol. The topological polar surface area (TPSA) is 161 Å². The number of hydrogen-bond acceptors (Lipinski definition) is 10. The molecule has 3 rings (SSSR count). The van der Waals surface area contributed by atoms with Crippen molar-refractivity contribution in [3.63, 3.8) is 0 Å². The highest BCUT2D eigenvalue weighted by atomic mass is 32.2. The maximum absolute atomic E-state index is 13.2. The van der Waals surface area contributed by atoms with Crippen molar-refractivity contribution in [2.24, 2.45) is 5.73 Å². The maximum Gasteiger partial charge on any atom is 0.351 e. The quantitative estimate of drug-likeness (QED) is 0.343. The molecule has 0 radical (unpaired) electrons. The Labute approximate surface area is 239 Å². The molecule has 0 aromatic carbocycles. The summed E-state index contributed by atoms with van der Waals surface area (Å²) in [6.07, 6.45) is -1.91. The Balaban J connectivity index is 2.20. The van der Waals surface area contributed by atoms with Gasteiger partial charge in [0.15, 0.2) is 28.5 Å². The lowest BCUT2D eigenvalue weighted by molar-refractivity contribution is -0.114. The summed E-state index contributed by atoms with van der Waals surface area (Å²) >= 11 is 0. The minimum Gasteiger partial charge on any atom is -0.414 e. The van der Waals surface area contributed by atoms with Crippen LogP contribution in [0.2, 0.25) is 36.3 Å². The van der Waals surface area contributed by atoms with E-state index in [2.05, 4.69) is 44.2 Å². The van der Waals surface area contributed by atoms with Crippen molar-refractivity contribution in [1.82, 2.24) is 9.55 Å². The van der Waals surface area contributed by atoms with Crippen molar-refractivity contribution in [2.75, 3.05) is 11.9 Å². The van der Waals surface area contributed by atoms with Crippen molar-refractivity contribution < 1.29 is 31.0 Å². The molecule has 226 valence electrons. The zero-order valence-corrected chi connectivity index (χ0v) is 28.1. The number of carbonyl (C=O) groups is 1. The van der Waals surface area contributed by atoms with Gasteiger partial charge in [-0.15, -0.1) is 0 Å². The molecule has 40 heavy (non-hydrogen) atoms. The Hall–Kier alpha value is -1.89. The highest BCUT2D eigenvalue weighted by molar-refractivity contribution is 7.90. The summed E-state index contributed by atoms with van der Waals surface area (Å²) < 4.78 is 52.4. The van der Waals surface area contributed by atoms with Gasteiger partial charge in [0.25, 0.3) is 10.1 Å². The second-order valence-electron chi connectivity index (χ2n) is 13.5. The van der Waals surface area contributed by atoms with Crippen LogP contribution >= 0.6 is 0 Å². The summed E-state index contributed by atoms with van der Waals surface area (Å²) in [4.78, 5) is 28.7. The fourth-order valence-corrected chi connectivity index (χ4v) is 7.58. The van der Waals surface area contributed by atoms with Crippen molar-refractivity contribution in [3.8, 4) is 0 Å². The summed E-state index contributed by atoms with van der Waals surface area (Å²) in [5.74, 6) is -0.314. The molecular formula is C25H44N4O8SSi2. The van der Waals surface area contributed by atoms with Crippen LogP contribution in [0.15, 0.2) is 28.2 Å². The molecule has 3 N–H and O–H groups in total. The highest BCUT2D eigenvalue weighted by Gasteiger charge is 2.67. The smallest absolute Gasteiger partial charge is 0.351 e. The molecule has 0 bridgehead atoms. The summed E-state index contributed by atoms with van der Waals surface area (Å²) in [5.41, 5.74) is 3.86. The number of nitrogens with zero attached hydrogens (tertiary/aromatic N) is 2. The van der Waals surface area contributed by atoms with E-state index in [0.29, 0.717) is 0 Å². The first-order valence-corrected chi connectivity index (χ1v) is 20.5. The number of carbonyl (C=O) groups excluding carboxylic acids is 1. The molecule has 1 saturated heterocycles.